The average molecular weight is 334 g/mol. The number of piperidine rings is 1. The Hall–Kier alpha value is -1.59. The largest absolute Gasteiger partial charge is 0.492 e. The number of nitrogens with zero attached hydrogens (tertiary/aromatic N) is 2. The number of likely N-dealkylation sites (N-methyl/N-ethyl adjacent to an activating group) is 1. The summed E-state index contributed by atoms with van der Waals surface area (Å²) >= 11 is 0. The van der Waals surface area contributed by atoms with Gasteiger partial charge in [0.2, 0.25) is 5.91 Å². The van der Waals surface area contributed by atoms with E-state index in [0.29, 0.717) is 25.6 Å². The second kappa shape index (κ2) is 9.04. The lowest BCUT2D eigenvalue weighted by atomic mass is 9.99. The SMILES string of the molecule is Cc1cc(C)cc(OCCN(C)C(=O)CN2CCCC(CO)C2)c1. The predicted molar refractivity (Wildman–Crippen MR) is 95.3 cm³/mol. The minimum atomic E-state index is 0.109. The molecule has 1 aliphatic heterocycles. The summed E-state index contributed by atoms with van der Waals surface area (Å²) in [5, 5.41) is 9.28. The highest BCUT2D eigenvalue weighted by atomic mass is 16.5. The summed E-state index contributed by atoms with van der Waals surface area (Å²) < 4.78 is 5.77. The van der Waals surface area contributed by atoms with E-state index in [2.05, 4.69) is 11.0 Å². The summed E-state index contributed by atoms with van der Waals surface area (Å²) in [6.07, 6.45) is 2.11. The number of rotatable bonds is 7. The number of likely N-dealkylation sites (tertiary alicyclic amines) is 1. The lowest BCUT2D eigenvalue weighted by molar-refractivity contribution is -0.132. The third-order valence-corrected chi connectivity index (χ3v) is 4.54. The maximum absolute atomic E-state index is 12.3. The van der Waals surface area contributed by atoms with Crippen molar-refractivity contribution < 1.29 is 14.6 Å². The van der Waals surface area contributed by atoms with Crippen molar-refractivity contribution in [3.8, 4) is 5.75 Å². The second-order valence-electron chi connectivity index (χ2n) is 6.91. The number of carbonyl (C=O) groups excluding carboxylic acids is 1. The van der Waals surface area contributed by atoms with E-state index in [0.717, 1.165) is 31.7 Å². The molecule has 1 amide bonds. The number of amides is 1. The molecule has 1 heterocycles. The number of carbonyl (C=O) groups is 1. The van der Waals surface area contributed by atoms with Gasteiger partial charge >= 0.3 is 0 Å². The number of ether oxygens (including phenoxy) is 1. The van der Waals surface area contributed by atoms with E-state index in [1.165, 1.54) is 11.1 Å². The molecule has 0 radical (unpaired) electrons. The topological polar surface area (TPSA) is 53.0 Å². The van der Waals surface area contributed by atoms with Crippen LogP contribution in [0.1, 0.15) is 24.0 Å². The van der Waals surface area contributed by atoms with Gasteiger partial charge in [-0.25, -0.2) is 0 Å². The van der Waals surface area contributed by atoms with Crippen LogP contribution in [0, 0.1) is 19.8 Å². The van der Waals surface area contributed by atoms with Gasteiger partial charge in [0.25, 0.3) is 0 Å². The van der Waals surface area contributed by atoms with Gasteiger partial charge in [0.05, 0.1) is 13.1 Å². The van der Waals surface area contributed by atoms with Gasteiger partial charge in [-0.15, -0.1) is 0 Å². The molecule has 2 rings (SSSR count). The van der Waals surface area contributed by atoms with E-state index in [1.54, 1.807) is 4.90 Å². The molecule has 1 atom stereocenters. The number of hydrogen-bond donors (Lipinski definition) is 1. The zero-order valence-electron chi connectivity index (χ0n) is 15.1. The number of hydrogen-bond acceptors (Lipinski definition) is 4. The third kappa shape index (κ3) is 5.80. The molecule has 0 bridgehead atoms. The molecule has 5 heteroatoms. The maximum atomic E-state index is 12.3. The Morgan fingerprint density at radius 3 is 2.71 bits per heavy atom. The van der Waals surface area contributed by atoms with E-state index >= 15 is 0 Å². The molecule has 0 saturated carbocycles. The Balaban J connectivity index is 1.73. The summed E-state index contributed by atoms with van der Waals surface area (Å²) in [6, 6.07) is 6.13. The molecule has 1 N–H and O–H groups in total. The van der Waals surface area contributed by atoms with Gasteiger partial charge in [0, 0.05) is 20.2 Å². The summed E-state index contributed by atoms with van der Waals surface area (Å²) in [7, 11) is 1.82. The van der Waals surface area contributed by atoms with Crippen LogP contribution < -0.4 is 4.74 Å². The van der Waals surface area contributed by atoms with E-state index in [-0.39, 0.29) is 12.5 Å². The molecule has 0 aliphatic carbocycles. The van der Waals surface area contributed by atoms with Crippen LogP contribution in [-0.2, 0) is 4.79 Å². The Morgan fingerprint density at radius 2 is 2.04 bits per heavy atom. The molecule has 134 valence electrons. The van der Waals surface area contributed by atoms with Gasteiger partial charge in [-0.3, -0.25) is 9.69 Å². The van der Waals surface area contributed by atoms with Crippen molar-refractivity contribution >= 4 is 5.91 Å². The Bertz CT molecular complexity index is 527. The molecule has 1 fully saturated rings. The van der Waals surface area contributed by atoms with Crippen molar-refractivity contribution in [1.82, 2.24) is 9.80 Å². The van der Waals surface area contributed by atoms with E-state index < -0.39 is 0 Å². The number of benzene rings is 1. The van der Waals surface area contributed by atoms with Gasteiger partial charge in [-0.1, -0.05) is 6.07 Å². The Kier molecular flexibility index (Phi) is 7.06. The highest BCUT2D eigenvalue weighted by molar-refractivity contribution is 5.78. The van der Waals surface area contributed by atoms with E-state index in [9.17, 15) is 9.90 Å². The van der Waals surface area contributed by atoms with Crippen LogP contribution >= 0.6 is 0 Å². The van der Waals surface area contributed by atoms with Crippen LogP contribution in [0.5, 0.6) is 5.75 Å². The van der Waals surface area contributed by atoms with Crippen molar-refractivity contribution in [3.63, 3.8) is 0 Å². The molecule has 1 aromatic rings. The summed E-state index contributed by atoms with van der Waals surface area (Å²) in [5.74, 6) is 1.28. The first-order valence-corrected chi connectivity index (χ1v) is 8.76. The molecule has 1 unspecified atom stereocenters. The summed E-state index contributed by atoms with van der Waals surface area (Å²) in [4.78, 5) is 16.2. The number of aliphatic hydroxyl groups excluding tert-OH is 1. The number of aliphatic hydroxyl groups is 1. The summed E-state index contributed by atoms with van der Waals surface area (Å²) in [6.45, 7) is 7.56. The highest BCUT2D eigenvalue weighted by Gasteiger charge is 2.22. The fraction of sp³-hybridized carbons (Fsp3) is 0.632. The smallest absolute Gasteiger partial charge is 0.236 e. The standard InChI is InChI=1S/C19H30N2O3/c1-15-9-16(2)11-18(10-15)24-8-7-20(3)19(23)13-21-6-4-5-17(12-21)14-22/h9-11,17,22H,4-8,12-14H2,1-3H3. The van der Waals surface area contributed by atoms with Crippen LogP contribution in [0.25, 0.3) is 0 Å². The third-order valence-electron chi connectivity index (χ3n) is 4.54. The fourth-order valence-electron chi connectivity index (χ4n) is 3.20. The molecule has 0 aromatic heterocycles. The van der Waals surface area contributed by atoms with Crippen LogP contribution in [0.2, 0.25) is 0 Å². The van der Waals surface area contributed by atoms with Gasteiger partial charge < -0.3 is 14.7 Å². The maximum Gasteiger partial charge on any atom is 0.236 e. The van der Waals surface area contributed by atoms with Crippen molar-refractivity contribution in [3.05, 3.63) is 29.3 Å². The Labute approximate surface area is 145 Å². The zero-order chi connectivity index (χ0) is 17.5. The fourth-order valence-corrected chi connectivity index (χ4v) is 3.20. The van der Waals surface area contributed by atoms with Crippen molar-refractivity contribution in [1.29, 1.82) is 0 Å². The lowest BCUT2D eigenvalue weighted by Crippen LogP contribution is -2.44. The van der Waals surface area contributed by atoms with Crippen molar-refractivity contribution in [2.24, 2.45) is 5.92 Å². The first kappa shape index (κ1) is 18.7. The van der Waals surface area contributed by atoms with Crippen LogP contribution in [0.3, 0.4) is 0 Å². The highest BCUT2D eigenvalue weighted by Crippen LogP contribution is 2.17. The second-order valence-corrected chi connectivity index (χ2v) is 6.91. The molecule has 5 nitrogen and oxygen atoms in total. The van der Waals surface area contributed by atoms with Gasteiger partial charge in [-0.2, -0.15) is 0 Å². The van der Waals surface area contributed by atoms with Crippen LogP contribution in [0.15, 0.2) is 18.2 Å². The van der Waals surface area contributed by atoms with E-state index in [1.807, 2.05) is 33.0 Å². The predicted octanol–water partition coefficient (Wildman–Crippen LogP) is 1.84. The van der Waals surface area contributed by atoms with Crippen molar-refractivity contribution in [2.75, 3.05) is 46.4 Å². The van der Waals surface area contributed by atoms with E-state index in [4.69, 9.17) is 4.74 Å². The zero-order valence-corrected chi connectivity index (χ0v) is 15.1. The molecule has 1 saturated heterocycles. The minimum Gasteiger partial charge on any atom is -0.492 e. The normalized spacial score (nSPS) is 18.4. The van der Waals surface area contributed by atoms with Gasteiger partial charge in [0.1, 0.15) is 12.4 Å². The first-order chi connectivity index (χ1) is 11.5. The van der Waals surface area contributed by atoms with Crippen LogP contribution in [0.4, 0.5) is 0 Å². The van der Waals surface area contributed by atoms with Crippen LogP contribution in [-0.4, -0.2) is 67.3 Å². The monoisotopic (exact) mass is 334 g/mol. The quantitative estimate of drug-likeness (QED) is 0.827. The molecule has 1 aromatic carbocycles. The van der Waals surface area contributed by atoms with Crippen molar-refractivity contribution in [2.45, 2.75) is 26.7 Å². The van der Waals surface area contributed by atoms with Gasteiger partial charge in [0.15, 0.2) is 0 Å². The molecule has 0 spiro atoms. The number of aryl methyl sites for hydroxylation is 2. The Morgan fingerprint density at radius 1 is 1.33 bits per heavy atom. The summed E-state index contributed by atoms with van der Waals surface area (Å²) in [5.41, 5.74) is 2.36. The molecule has 24 heavy (non-hydrogen) atoms. The molecular weight excluding hydrogens is 304 g/mol. The average Bonchev–Trinajstić information content (AvgIpc) is 2.54. The van der Waals surface area contributed by atoms with Gasteiger partial charge in [-0.05, 0) is 62.4 Å². The first-order valence-electron chi connectivity index (χ1n) is 8.76. The minimum absolute atomic E-state index is 0.109. The lowest BCUT2D eigenvalue weighted by Gasteiger charge is -2.32. The molecule has 1 aliphatic rings. The molecular formula is C19H30N2O3.